The number of nitrogens with zero attached hydrogens (tertiary/aromatic N) is 2. The number of aromatic nitrogens is 2. The highest BCUT2D eigenvalue weighted by atomic mass is 15.3. The van der Waals surface area contributed by atoms with E-state index in [9.17, 15) is 0 Å². The lowest BCUT2D eigenvalue weighted by molar-refractivity contribution is 0.357. The Balaban J connectivity index is 2.14. The summed E-state index contributed by atoms with van der Waals surface area (Å²) in [6.45, 7) is 10.2. The molecule has 1 aliphatic carbocycles. The summed E-state index contributed by atoms with van der Waals surface area (Å²) in [5.41, 5.74) is 7.21. The predicted octanol–water partition coefficient (Wildman–Crippen LogP) is 3.68. The Morgan fingerprint density at radius 3 is 2.78 bits per heavy atom. The van der Waals surface area contributed by atoms with Crippen LogP contribution < -0.4 is 5.73 Å². The van der Waals surface area contributed by atoms with E-state index in [1.54, 1.807) is 0 Å². The molecule has 1 aromatic heterocycles. The lowest BCUT2D eigenvalue weighted by atomic mass is 10.00. The number of hydrogen-bond acceptors (Lipinski definition) is 2. The van der Waals surface area contributed by atoms with Crippen LogP contribution >= 0.6 is 0 Å². The van der Waals surface area contributed by atoms with Gasteiger partial charge >= 0.3 is 0 Å². The number of hydrogen-bond donors (Lipinski definition) is 1. The first-order valence-electron chi connectivity index (χ1n) is 6.88. The van der Waals surface area contributed by atoms with E-state index in [0.29, 0.717) is 5.92 Å². The Morgan fingerprint density at radius 1 is 1.50 bits per heavy atom. The van der Waals surface area contributed by atoms with Crippen LogP contribution in [-0.4, -0.2) is 9.78 Å². The van der Waals surface area contributed by atoms with Gasteiger partial charge in [0.25, 0.3) is 0 Å². The molecular weight excluding hydrogens is 222 g/mol. The predicted molar refractivity (Wildman–Crippen MR) is 76.5 cm³/mol. The Hall–Kier alpha value is -1.25. The SMILES string of the molecule is C=CC[C@@H]1CC[C@H](c2cc(N)n(C(C)(C)C)n2)C1. The van der Waals surface area contributed by atoms with E-state index < -0.39 is 0 Å². The molecule has 0 radical (unpaired) electrons. The molecule has 2 N–H and O–H groups in total. The van der Waals surface area contributed by atoms with Gasteiger partial charge in [-0.25, -0.2) is 4.68 Å². The monoisotopic (exact) mass is 247 g/mol. The van der Waals surface area contributed by atoms with Crippen molar-refractivity contribution in [2.24, 2.45) is 5.92 Å². The highest BCUT2D eigenvalue weighted by molar-refractivity contribution is 5.34. The number of rotatable bonds is 3. The highest BCUT2D eigenvalue weighted by Gasteiger charge is 2.28. The van der Waals surface area contributed by atoms with E-state index >= 15 is 0 Å². The minimum Gasteiger partial charge on any atom is -0.384 e. The van der Waals surface area contributed by atoms with E-state index in [4.69, 9.17) is 10.8 Å². The van der Waals surface area contributed by atoms with Crippen molar-refractivity contribution in [3.63, 3.8) is 0 Å². The van der Waals surface area contributed by atoms with Crippen molar-refractivity contribution in [3.8, 4) is 0 Å². The summed E-state index contributed by atoms with van der Waals surface area (Å²) in [5, 5.41) is 4.72. The highest BCUT2D eigenvalue weighted by Crippen LogP contribution is 2.40. The fourth-order valence-corrected chi connectivity index (χ4v) is 2.94. The molecule has 0 aromatic carbocycles. The molecule has 2 atom stereocenters. The number of nitrogen functional groups attached to an aromatic ring is 1. The minimum atomic E-state index is -0.0402. The summed E-state index contributed by atoms with van der Waals surface area (Å²) in [7, 11) is 0. The molecule has 0 aliphatic heterocycles. The van der Waals surface area contributed by atoms with E-state index in [1.807, 2.05) is 10.8 Å². The van der Waals surface area contributed by atoms with Crippen molar-refractivity contribution in [3.05, 3.63) is 24.4 Å². The average molecular weight is 247 g/mol. The first kappa shape index (κ1) is 13.2. The van der Waals surface area contributed by atoms with Gasteiger partial charge in [-0.15, -0.1) is 6.58 Å². The second kappa shape index (κ2) is 4.79. The van der Waals surface area contributed by atoms with Crippen LogP contribution in [0.3, 0.4) is 0 Å². The molecule has 3 nitrogen and oxygen atoms in total. The smallest absolute Gasteiger partial charge is 0.122 e. The maximum Gasteiger partial charge on any atom is 0.122 e. The molecule has 1 saturated carbocycles. The zero-order valence-electron chi connectivity index (χ0n) is 11.8. The fraction of sp³-hybridized carbons (Fsp3) is 0.667. The third-order valence-electron chi connectivity index (χ3n) is 3.85. The maximum absolute atomic E-state index is 6.07. The zero-order valence-corrected chi connectivity index (χ0v) is 11.8. The van der Waals surface area contributed by atoms with Gasteiger partial charge in [-0.05, 0) is 52.4 Å². The van der Waals surface area contributed by atoms with Gasteiger partial charge < -0.3 is 5.73 Å². The maximum atomic E-state index is 6.07. The van der Waals surface area contributed by atoms with Gasteiger partial charge in [0.15, 0.2) is 0 Å². The molecule has 0 saturated heterocycles. The molecule has 0 spiro atoms. The molecule has 0 unspecified atom stereocenters. The second-order valence-electron chi connectivity index (χ2n) is 6.48. The van der Waals surface area contributed by atoms with Crippen LogP contribution in [0, 0.1) is 5.92 Å². The summed E-state index contributed by atoms with van der Waals surface area (Å²) in [6.07, 6.45) is 6.92. The van der Waals surface area contributed by atoms with Crippen molar-refractivity contribution in [1.82, 2.24) is 9.78 Å². The van der Waals surface area contributed by atoms with Crippen LogP contribution in [0.15, 0.2) is 18.7 Å². The molecule has 3 heteroatoms. The van der Waals surface area contributed by atoms with Gasteiger partial charge in [0.1, 0.15) is 5.82 Å². The zero-order chi connectivity index (χ0) is 13.3. The summed E-state index contributed by atoms with van der Waals surface area (Å²) in [6, 6.07) is 2.06. The third-order valence-corrected chi connectivity index (χ3v) is 3.85. The molecule has 1 heterocycles. The first-order chi connectivity index (χ1) is 8.41. The summed E-state index contributed by atoms with van der Waals surface area (Å²) >= 11 is 0. The van der Waals surface area contributed by atoms with Gasteiger partial charge in [-0.3, -0.25) is 0 Å². The van der Waals surface area contributed by atoms with Crippen molar-refractivity contribution >= 4 is 5.82 Å². The molecule has 18 heavy (non-hydrogen) atoms. The van der Waals surface area contributed by atoms with Crippen LogP contribution in [0.2, 0.25) is 0 Å². The van der Waals surface area contributed by atoms with E-state index in [2.05, 4.69) is 33.4 Å². The Kier molecular flexibility index (Phi) is 3.51. The molecule has 0 amide bonds. The topological polar surface area (TPSA) is 43.8 Å². The number of allylic oxidation sites excluding steroid dienone is 1. The number of nitrogens with two attached hydrogens (primary N) is 1. The van der Waals surface area contributed by atoms with Crippen molar-refractivity contribution in [1.29, 1.82) is 0 Å². The van der Waals surface area contributed by atoms with Crippen LogP contribution in [0.5, 0.6) is 0 Å². The second-order valence-corrected chi connectivity index (χ2v) is 6.48. The molecular formula is C15H25N3. The van der Waals surface area contributed by atoms with Crippen molar-refractivity contribution in [2.45, 2.75) is 57.9 Å². The molecule has 2 rings (SSSR count). The van der Waals surface area contributed by atoms with Crippen molar-refractivity contribution in [2.75, 3.05) is 5.73 Å². The van der Waals surface area contributed by atoms with Gasteiger partial charge in [-0.1, -0.05) is 6.08 Å². The fourth-order valence-electron chi connectivity index (χ4n) is 2.94. The van der Waals surface area contributed by atoms with E-state index in [-0.39, 0.29) is 5.54 Å². The van der Waals surface area contributed by atoms with Crippen LogP contribution in [0.25, 0.3) is 0 Å². The number of anilines is 1. The quantitative estimate of drug-likeness (QED) is 0.828. The average Bonchev–Trinajstić information content (AvgIpc) is 2.84. The first-order valence-corrected chi connectivity index (χ1v) is 6.88. The van der Waals surface area contributed by atoms with Crippen LogP contribution in [-0.2, 0) is 5.54 Å². The molecule has 100 valence electrons. The summed E-state index contributed by atoms with van der Waals surface area (Å²) < 4.78 is 1.95. The van der Waals surface area contributed by atoms with Gasteiger partial charge in [0.2, 0.25) is 0 Å². The molecule has 1 fully saturated rings. The van der Waals surface area contributed by atoms with E-state index in [0.717, 1.165) is 18.2 Å². The summed E-state index contributed by atoms with van der Waals surface area (Å²) in [4.78, 5) is 0. The van der Waals surface area contributed by atoms with Gasteiger partial charge in [0, 0.05) is 12.0 Å². The molecule has 1 aromatic rings. The molecule has 0 bridgehead atoms. The Morgan fingerprint density at radius 2 is 2.22 bits per heavy atom. The van der Waals surface area contributed by atoms with Crippen molar-refractivity contribution < 1.29 is 0 Å². The molecule has 1 aliphatic rings. The summed E-state index contributed by atoms with van der Waals surface area (Å²) in [5.74, 6) is 2.15. The lowest BCUT2D eigenvalue weighted by Gasteiger charge is -2.20. The standard InChI is InChI=1S/C15H25N3/c1-5-6-11-7-8-12(9-11)13-10-14(16)18(17-13)15(2,3)4/h5,10-12H,1,6-9,16H2,2-4H3/t11-,12+/m1/s1. The third kappa shape index (κ3) is 2.60. The Bertz CT molecular complexity index is 425. The lowest BCUT2D eigenvalue weighted by Crippen LogP contribution is -2.24. The van der Waals surface area contributed by atoms with Gasteiger partial charge in [0.05, 0.1) is 11.2 Å². The van der Waals surface area contributed by atoms with E-state index in [1.165, 1.54) is 25.0 Å². The minimum absolute atomic E-state index is 0.0402. The van der Waals surface area contributed by atoms with Crippen LogP contribution in [0.4, 0.5) is 5.82 Å². The van der Waals surface area contributed by atoms with Crippen LogP contribution in [0.1, 0.15) is 58.1 Å². The largest absolute Gasteiger partial charge is 0.384 e. The normalized spacial score (nSPS) is 24.4. The Labute approximate surface area is 110 Å². The van der Waals surface area contributed by atoms with Gasteiger partial charge in [-0.2, -0.15) is 5.10 Å².